The van der Waals surface area contributed by atoms with Gasteiger partial charge in [-0.1, -0.05) is 19.9 Å². The molecule has 0 saturated carbocycles. The van der Waals surface area contributed by atoms with Crippen molar-refractivity contribution in [3.05, 3.63) is 77.5 Å². The Bertz CT molecular complexity index is 972. The molecule has 3 aromatic rings. The van der Waals surface area contributed by atoms with Gasteiger partial charge in [0.15, 0.2) is 6.10 Å². The van der Waals surface area contributed by atoms with Crippen molar-refractivity contribution in [2.24, 2.45) is 0 Å². The van der Waals surface area contributed by atoms with Crippen LogP contribution in [0.15, 0.2) is 54.7 Å². The van der Waals surface area contributed by atoms with Crippen molar-refractivity contribution in [1.29, 1.82) is 0 Å². The van der Waals surface area contributed by atoms with Gasteiger partial charge in [0, 0.05) is 23.5 Å². The second-order valence-electron chi connectivity index (χ2n) is 6.10. The van der Waals surface area contributed by atoms with E-state index in [1.165, 1.54) is 0 Å². The molecule has 3 rings (SSSR count). The minimum absolute atomic E-state index is 0.161. The number of aromatic nitrogens is 1. The minimum Gasteiger partial charge on any atom is -0.384 e. The fourth-order valence-corrected chi connectivity index (χ4v) is 2.72. The molecule has 0 aliphatic carbocycles. The van der Waals surface area contributed by atoms with Gasteiger partial charge < -0.3 is 16.2 Å². The number of nitrogens with two attached hydrogens (primary N) is 1. The number of carbonyl (C=O) groups is 1. The first kappa shape index (κ1) is 22.0. The third-order valence-electron chi connectivity index (χ3n) is 4.04. The number of nitrogen functional groups attached to an aromatic ring is 1. The highest BCUT2D eigenvalue weighted by Gasteiger charge is 2.19. The third kappa shape index (κ3) is 5.58. The Kier molecular flexibility index (Phi) is 7.39. The van der Waals surface area contributed by atoms with E-state index < -0.39 is 23.6 Å². The molecule has 7 heteroatoms. The number of halogens is 2. The van der Waals surface area contributed by atoms with E-state index in [9.17, 15) is 18.7 Å². The van der Waals surface area contributed by atoms with E-state index in [0.717, 1.165) is 28.8 Å². The van der Waals surface area contributed by atoms with Crippen molar-refractivity contribution in [3.8, 4) is 11.1 Å². The molecule has 1 unspecified atom stereocenters. The molecule has 1 heterocycles. The van der Waals surface area contributed by atoms with Crippen molar-refractivity contribution in [2.75, 3.05) is 11.1 Å². The molecule has 29 heavy (non-hydrogen) atoms. The Balaban J connectivity index is 0.00000145. The first-order valence-electron chi connectivity index (χ1n) is 9.11. The van der Waals surface area contributed by atoms with Crippen LogP contribution in [-0.2, 0) is 4.79 Å². The predicted molar refractivity (Wildman–Crippen MR) is 110 cm³/mol. The number of aliphatic hydroxyl groups is 1. The maximum Gasteiger partial charge on any atom is 0.257 e. The van der Waals surface area contributed by atoms with Gasteiger partial charge in [0.05, 0.1) is 0 Å². The molecule has 0 spiro atoms. The molecule has 1 atom stereocenters. The van der Waals surface area contributed by atoms with Crippen LogP contribution in [0.4, 0.5) is 20.3 Å². The van der Waals surface area contributed by atoms with E-state index in [2.05, 4.69) is 10.3 Å². The Hall–Kier alpha value is -3.32. The van der Waals surface area contributed by atoms with Gasteiger partial charge in [-0.15, -0.1) is 0 Å². The Labute approximate surface area is 168 Å². The lowest BCUT2D eigenvalue weighted by atomic mass is 10.0. The number of anilines is 2. The maximum absolute atomic E-state index is 13.3. The second-order valence-corrected chi connectivity index (χ2v) is 6.10. The summed E-state index contributed by atoms with van der Waals surface area (Å²) >= 11 is 0. The fraction of sp³-hybridized carbons (Fsp3) is 0.182. The molecule has 1 amide bonds. The van der Waals surface area contributed by atoms with E-state index in [1.807, 2.05) is 26.8 Å². The summed E-state index contributed by atoms with van der Waals surface area (Å²) in [5.41, 5.74) is 8.52. The molecule has 0 bridgehead atoms. The number of aliphatic hydroxyl groups excluding tert-OH is 1. The quantitative estimate of drug-likeness (QED) is 0.598. The van der Waals surface area contributed by atoms with Crippen LogP contribution in [0.3, 0.4) is 0 Å². The largest absolute Gasteiger partial charge is 0.384 e. The summed E-state index contributed by atoms with van der Waals surface area (Å²) < 4.78 is 26.5. The minimum atomic E-state index is -1.70. The summed E-state index contributed by atoms with van der Waals surface area (Å²) in [6.07, 6.45) is -0.0467. The average molecular weight is 399 g/mol. The molecule has 0 fully saturated rings. The molecule has 0 aliphatic rings. The predicted octanol–water partition coefficient (Wildman–Crippen LogP) is 4.62. The zero-order valence-electron chi connectivity index (χ0n) is 16.4. The van der Waals surface area contributed by atoms with Crippen LogP contribution in [0.1, 0.15) is 31.1 Å². The van der Waals surface area contributed by atoms with Gasteiger partial charge in [-0.25, -0.2) is 13.8 Å². The van der Waals surface area contributed by atoms with Gasteiger partial charge >= 0.3 is 0 Å². The first-order chi connectivity index (χ1) is 13.8. The zero-order valence-corrected chi connectivity index (χ0v) is 16.4. The number of aryl methyl sites for hydroxylation is 1. The number of nitrogens with one attached hydrogen (secondary N) is 1. The number of nitrogens with zero attached hydrogens (tertiary/aromatic N) is 1. The highest BCUT2D eigenvalue weighted by atomic mass is 19.1. The Morgan fingerprint density at radius 1 is 1.07 bits per heavy atom. The highest BCUT2D eigenvalue weighted by Crippen LogP contribution is 2.26. The molecule has 0 saturated heterocycles. The topological polar surface area (TPSA) is 88.2 Å². The van der Waals surface area contributed by atoms with Gasteiger partial charge in [-0.2, -0.15) is 0 Å². The molecule has 2 aromatic carbocycles. The molecule has 152 valence electrons. The van der Waals surface area contributed by atoms with Crippen LogP contribution in [-0.4, -0.2) is 16.0 Å². The van der Waals surface area contributed by atoms with Crippen LogP contribution in [0, 0.1) is 18.6 Å². The smallest absolute Gasteiger partial charge is 0.257 e. The molecule has 1 aromatic heterocycles. The molecular weight excluding hydrogens is 376 g/mol. The summed E-state index contributed by atoms with van der Waals surface area (Å²) in [5, 5.41) is 12.6. The number of amides is 1. The van der Waals surface area contributed by atoms with Crippen LogP contribution in [0.2, 0.25) is 0 Å². The summed E-state index contributed by atoms with van der Waals surface area (Å²) in [4.78, 5) is 16.3. The van der Waals surface area contributed by atoms with Crippen LogP contribution < -0.4 is 11.1 Å². The molecule has 0 aliphatic heterocycles. The average Bonchev–Trinajstić information content (AvgIpc) is 2.69. The van der Waals surface area contributed by atoms with Gasteiger partial charge in [-0.3, -0.25) is 4.79 Å². The van der Waals surface area contributed by atoms with E-state index in [1.54, 1.807) is 30.5 Å². The molecule has 4 N–H and O–H groups in total. The summed E-state index contributed by atoms with van der Waals surface area (Å²) in [5.74, 6) is -2.10. The number of pyridine rings is 1. The lowest BCUT2D eigenvalue weighted by molar-refractivity contribution is -0.124. The van der Waals surface area contributed by atoms with Crippen molar-refractivity contribution < 1.29 is 18.7 Å². The lowest BCUT2D eigenvalue weighted by Crippen LogP contribution is -2.21. The number of hydrogen-bond donors (Lipinski definition) is 3. The SMILES string of the molecule is CC.Cc1cc(NC(=O)C(O)c2cc(F)cc(F)c2)ccc1-c1ccc(N)nc1. The van der Waals surface area contributed by atoms with Crippen LogP contribution >= 0.6 is 0 Å². The summed E-state index contributed by atoms with van der Waals surface area (Å²) in [6.45, 7) is 5.86. The fourth-order valence-electron chi connectivity index (χ4n) is 2.72. The Morgan fingerprint density at radius 3 is 2.28 bits per heavy atom. The Morgan fingerprint density at radius 2 is 1.72 bits per heavy atom. The third-order valence-corrected chi connectivity index (χ3v) is 4.04. The molecule has 5 nitrogen and oxygen atoms in total. The van der Waals surface area contributed by atoms with Crippen molar-refractivity contribution in [3.63, 3.8) is 0 Å². The maximum atomic E-state index is 13.3. The standard InChI is InChI=1S/C20H17F2N3O2.C2H6/c1-11-6-16(3-4-17(11)12-2-5-18(23)24-10-12)25-20(27)19(26)13-7-14(21)9-15(22)8-13;1-2/h2-10,19,26H,1H3,(H2,23,24)(H,25,27);1-2H3. The first-order valence-corrected chi connectivity index (χ1v) is 9.11. The van der Waals surface area contributed by atoms with Gasteiger partial charge in [0.2, 0.25) is 0 Å². The van der Waals surface area contributed by atoms with Crippen LogP contribution in [0.5, 0.6) is 0 Å². The normalized spacial score (nSPS) is 11.2. The van der Waals surface area contributed by atoms with Crippen molar-refractivity contribution in [2.45, 2.75) is 26.9 Å². The number of rotatable bonds is 4. The number of hydrogen-bond acceptors (Lipinski definition) is 4. The number of carbonyl (C=O) groups excluding carboxylic acids is 1. The number of benzene rings is 2. The van der Waals surface area contributed by atoms with E-state index in [4.69, 9.17) is 5.73 Å². The van der Waals surface area contributed by atoms with E-state index in [0.29, 0.717) is 17.6 Å². The summed E-state index contributed by atoms with van der Waals surface area (Å²) in [6, 6.07) is 11.2. The van der Waals surface area contributed by atoms with Crippen LogP contribution in [0.25, 0.3) is 11.1 Å². The van der Waals surface area contributed by atoms with Gasteiger partial charge in [-0.05, 0) is 60.0 Å². The monoisotopic (exact) mass is 399 g/mol. The van der Waals surface area contributed by atoms with Crippen molar-refractivity contribution >= 4 is 17.4 Å². The second kappa shape index (κ2) is 9.75. The van der Waals surface area contributed by atoms with Crippen molar-refractivity contribution in [1.82, 2.24) is 4.98 Å². The van der Waals surface area contributed by atoms with Gasteiger partial charge in [0.25, 0.3) is 5.91 Å². The van der Waals surface area contributed by atoms with E-state index >= 15 is 0 Å². The lowest BCUT2D eigenvalue weighted by Gasteiger charge is -2.14. The van der Waals surface area contributed by atoms with Gasteiger partial charge in [0.1, 0.15) is 17.5 Å². The molecule has 0 radical (unpaired) electrons. The molecular formula is C22H23F2N3O2. The highest BCUT2D eigenvalue weighted by molar-refractivity contribution is 5.95. The zero-order chi connectivity index (χ0) is 21.6. The van der Waals surface area contributed by atoms with E-state index in [-0.39, 0.29) is 5.56 Å². The summed E-state index contributed by atoms with van der Waals surface area (Å²) in [7, 11) is 0.